The number of aliphatic hydroxyl groups is 2. The summed E-state index contributed by atoms with van der Waals surface area (Å²) >= 11 is 0. The van der Waals surface area contributed by atoms with Gasteiger partial charge in [0.1, 0.15) is 18.3 Å². The highest BCUT2D eigenvalue weighted by atomic mass is 31.2. The molecule has 1 aliphatic rings. The van der Waals surface area contributed by atoms with Gasteiger partial charge in [0.2, 0.25) is 0 Å². The van der Waals surface area contributed by atoms with Gasteiger partial charge < -0.3 is 39.5 Å². The molecular formula is C25H28FN5O9P2. The molecule has 0 aliphatic carbocycles. The summed E-state index contributed by atoms with van der Waals surface area (Å²) in [6, 6.07) is 18.1. The average Bonchev–Trinajstić information content (AvgIpc) is 3.50. The van der Waals surface area contributed by atoms with Gasteiger partial charge in [0.05, 0.1) is 12.9 Å². The number of aliphatic hydroxyl groups excluding tert-OH is 2. The molecule has 6 N–H and O–H groups in total. The number of benzene rings is 2. The molecule has 2 aromatic heterocycles. The molecule has 1 aliphatic heterocycles. The minimum atomic E-state index is -4.89. The number of fused-ring (bicyclic) bond motifs is 1. The van der Waals surface area contributed by atoms with Crippen molar-refractivity contribution in [3.63, 3.8) is 0 Å². The molecule has 0 spiro atoms. The molecule has 42 heavy (non-hydrogen) atoms. The Bertz CT molecular complexity index is 1620. The van der Waals surface area contributed by atoms with Crippen LogP contribution in [-0.4, -0.2) is 75.3 Å². The van der Waals surface area contributed by atoms with E-state index in [1.165, 1.54) is 10.9 Å². The predicted molar refractivity (Wildman–Crippen MR) is 147 cm³/mol. The van der Waals surface area contributed by atoms with E-state index >= 15 is 4.39 Å². The lowest BCUT2D eigenvalue weighted by Crippen LogP contribution is -2.31. The summed E-state index contributed by atoms with van der Waals surface area (Å²) in [5.74, 6) is -1.21. The van der Waals surface area contributed by atoms with Gasteiger partial charge in [-0.1, -0.05) is 60.7 Å². The van der Waals surface area contributed by atoms with Crippen LogP contribution in [0.5, 0.6) is 0 Å². The van der Waals surface area contributed by atoms with Crippen LogP contribution >= 0.6 is 15.2 Å². The number of aromatic nitrogens is 4. The predicted octanol–water partition coefficient (Wildman–Crippen LogP) is 2.45. The summed E-state index contributed by atoms with van der Waals surface area (Å²) in [5.41, 5.74) is 1.74. The maximum absolute atomic E-state index is 15.4. The van der Waals surface area contributed by atoms with E-state index in [1.54, 1.807) is 30.3 Å². The zero-order valence-corrected chi connectivity index (χ0v) is 23.6. The first-order valence-corrected chi connectivity index (χ1v) is 16.2. The van der Waals surface area contributed by atoms with Crippen LogP contribution < -0.4 is 5.32 Å². The van der Waals surface area contributed by atoms with Gasteiger partial charge in [0.25, 0.3) is 0 Å². The first kappa shape index (κ1) is 30.4. The van der Waals surface area contributed by atoms with Crippen molar-refractivity contribution in [2.75, 3.05) is 17.8 Å². The molecule has 0 radical (unpaired) electrons. The minimum absolute atomic E-state index is 0.0153. The van der Waals surface area contributed by atoms with Gasteiger partial charge in [-0.05, 0) is 11.1 Å². The number of rotatable bonds is 11. The van der Waals surface area contributed by atoms with E-state index in [0.29, 0.717) is 12.1 Å². The molecule has 224 valence electrons. The number of hydrogen-bond donors (Lipinski definition) is 6. The standard InChI is InChI=1S/C25H28FN5O9P2/c26-18-21(33)17(12-39-42(37,38)14-41(34,35)36)40-25(18)31-13-28-19-22(27-11-15-7-3-1-4-8-15)29-23(30-24(19)31)20(32)16-9-5-2-6-10-16/h1-10,13,17-18,20-21,25,32-33H,11-12,14H2,(H,37,38)(H,27,29,30)(H2,34,35,36)/t17-,18+,20?,21-,25-/m1/s1. The molecule has 6 atom stereocenters. The Balaban J connectivity index is 1.45. The van der Waals surface area contributed by atoms with Crippen LogP contribution in [0.15, 0.2) is 67.0 Å². The van der Waals surface area contributed by atoms with Gasteiger partial charge in [0, 0.05) is 6.54 Å². The van der Waals surface area contributed by atoms with Gasteiger partial charge in [0.15, 0.2) is 41.1 Å². The molecular weight excluding hydrogens is 595 g/mol. The average molecular weight is 623 g/mol. The summed E-state index contributed by atoms with van der Waals surface area (Å²) < 4.78 is 50.1. The van der Waals surface area contributed by atoms with Crippen molar-refractivity contribution < 1.29 is 47.7 Å². The zero-order chi connectivity index (χ0) is 30.1. The van der Waals surface area contributed by atoms with E-state index in [9.17, 15) is 24.2 Å². The molecule has 0 bridgehead atoms. The number of alkyl halides is 1. The molecule has 2 unspecified atom stereocenters. The van der Waals surface area contributed by atoms with Gasteiger partial charge in [-0.2, -0.15) is 0 Å². The van der Waals surface area contributed by atoms with E-state index < -0.39 is 58.4 Å². The Kier molecular flexibility index (Phi) is 8.86. The molecule has 14 nitrogen and oxygen atoms in total. The monoisotopic (exact) mass is 623 g/mol. The SMILES string of the molecule is O=P(O)(O)CP(=O)(O)OC[C@H]1O[C@@H](n2cnc3c(NCc4ccccc4)nc(C(O)c4ccccc4)nc32)[C@@H](F)[C@@H]1O. The molecule has 4 aromatic rings. The van der Waals surface area contributed by atoms with Crippen LogP contribution in [0.3, 0.4) is 0 Å². The molecule has 17 heteroatoms. The van der Waals surface area contributed by atoms with E-state index in [4.69, 9.17) is 19.0 Å². The third-order valence-corrected chi connectivity index (χ3v) is 9.93. The number of nitrogens with zero attached hydrogens (tertiary/aromatic N) is 4. The second kappa shape index (κ2) is 12.3. The fourth-order valence-corrected chi connectivity index (χ4v) is 7.03. The largest absolute Gasteiger partial charge is 0.387 e. The zero-order valence-electron chi connectivity index (χ0n) is 21.8. The van der Waals surface area contributed by atoms with Crippen molar-refractivity contribution in [2.24, 2.45) is 0 Å². The van der Waals surface area contributed by atoms with E-state index in [0.717, 1.165) is 5.56 Å². The molecule has 1 saturated heterocycles. The lowest BCUT2D eigenvalue weighted by Gasteiger charge is -2.18. The van der Waals surface area contributed by atoms with Crippen molar-refractivity contribution in [3.8, 4) is 0 Å². The number of hydrogen-bond acceptors (Lipinski definition) is 10. The first-order valence-electron chi connectivity index (χ1n) is 12.7. The summed E-state index contributed by atoms with van der Waals surface area (Å²) in [5, 5.41) is 24.7. The first-order chi connectivity index (χ1) is 19.9. The Hall–Kier alpha value is -3.10. The lowest BCUT2D eigenvalue weighted by atomic mass is 10.1. The molecule has 5 rings (SSSR count). The molecule has 0 saturated carbocycles. The number of anilines is 1. The van der Waals surface area contributed by atoms with Crippen molar-refractivity contribution in [3.05, 3.63) is 83.9 Å². The van der Waals surface area contributed by atoms with Gasteiger partial charge in [-0.25, -0.2) is 19.3 Å². The summed E-state index contributed by atoms with van der Waals surface area (Å²) in [7, 11) is -9.66. The highest BCUT2D eigenvalue weighted by Gasteiger charge is 2.47. The molecule has 0 amide bonds. The molecule has 1 fully saturated rings. The van der Waals surface area contributed by atoms with Gasteiger partial charge in [-0.15, -0.1) is 0 Å². The van der Waals surface area contributed by atoms with Gasteiger partial charge >= 0.3 is 15.2 Å². The lowest BCUT2D eigenvalue weighted by molar-refractivity contribution is -0.0425. The Morgan fingerprint density at radius 1 is 1.05 bits per heavy atom. The number of nitrogens with one attached hydrogen (secondary N) is 1. The second-order valence-corrected chi connectivity index (χ2v) is 13.6. The Labute approximate surface area is 238 Å². The highest BCUT2D eigenvalue weighted by molar-refractivity contribution is 7.70. The van der Waals surface area contributed by atoms with E-state index in [-0.39, 0.29) is 22.8 Å². The van der Waals surface area contributed by atoms with Crippen LogP contribution in [0.2, 0.25) is 0 Å². The van der Waals surface area contributed by atoms with Crippen LogP contribution in [0, 0.1) is 0 Å². The third-order valence-electron chi connectivity index (χ3n) is 6.47. The Morgan fingerprint density at radius 2 is 1.71 bits per heavy atom. The van der Waals surface area contributed by atoms with Gasteiger partial charge in [-0.3, -0.25) is 13.7 Å². The fourth-order valence-electron chi connectivity index (χ4n) is 4.46. The normalized spacial score (nSPS) is 23.1. The van der Waals surface area contributed by atoms with Crippen LogP contribution in [0.25, 0.3) is 11.2 Å². The van der Waals surface area contributed by atoms with Crippen LogP contribution in [-0.2, 0) is 24.9 Å². The van der Waals surface area contributed by atoms with E-state index in [2.05, 4.69) is 20.3 Å². The van der Waals surface area contributed by atoms with Crippen LogP contribution in [0.4, 0.5) is 10.2 Å². The third kappa shape index (κ3) is 6.92. The second-order valence-electron chi connectivity index (χ2n) is 9.65. The summed E-state index contributed by atoms with van der Waals surface area (Å²) in [6.07, 6.45) is -6.91. The molecule has 3 heterocycles. The smallest absolute Gasteiger partial charge is 0.340 e. The summed E-state index contributed by atoms with van der Waals surface area (Å²) in [4.78, 5) is 41.0. The van der Waals surface area contributed by atoms with E-state index in [1.807, 2.05) is 30.3 Å². The number of ether oxygens (including phenoxy) is 1. The topological polar surface area (TPSA) is 209 Å². The van der Waals surface area contributed by atoms with Crippen molar-refractivity contribution in [1.29, 1.82) is 0 Å². The highest BCUT2D eigenvalue weighted by Crippen LogP contribution is 2.55. The number of imidazole rings is 1. The maximum Gasteiger partial charge on any atom is 0.340 e. The van der Waals surface area contributed by atoms with Crippen molar-refractivity contribution in [1.82, 2.24) is 19.5 Å². The maximum atomic E-state index is 15.4. The number of halogens is 1. The summed E-state index contributed by atoms with van der Waals surface area (Å²) in [6.45, 7) is -0.477. The Morgan fingerprint density at radius 3 is 2.38 bits per heavy atom. The fraction of sp³-hybridized carbons (Fsp3) is 0.320. The molecule has 2 aromatic carbocycles. The minimum Gasteiger partial charge on any atom is -0.387 e. The van der Waals surface area contributed by atoms with Crippen molar-refractivity contribution >= 4 is 32.2 Å². The quantitative estimate of drug-likeness (QED) is 0.133. The van der Waals surface area contributed by atoms with Crippen molar-refractivity contribution in [2.45, 2.75) is 37.3 Å². The van der Waals surface area contributed by atoms with Crippen LogP contribution in [0.1, 0.15) is 29.3 Å².